The van der Waals surface area contributed by atoms with Crippen molar-refractivity contribution in [3.05, 3.63) is 98.8 Å². The van der Waals surface area contributed by atoms with Crippen LogP contribution in [0.4, 0.5) is 5.69 Å². The quantitative estimate of drug-likeness (QED) is 0.234. The maximum Gasteiger partial charge on any atom is 0.265 e. The topological polar surface area (TPSA) is 74.8 Å². The molecular weight excluding hydrogens is 560 g/mol. The summed E-state index contributed by atoms with van der Waals surface area (Å²) in [5, 5.41) is 4.28. The van der Waals surface area contributed by atoms with E-state index in [0.29, 0.717) is 27.8 Å². The van der Waals surface area contributed by atoms with Crippen molar-refractivity contribution in [1.29, 1.82) is 0 Å². The van der Waals surface area contributed by atoms with E-state index in [1.54, 1.807) is 0 Å². The van der Waals surface area contributed by atoms with Gasteiger partial charge < -0.3 is 0 Å². The number of anilines is 1. The Kier molecular flexibility index (Phi) is 5.33. The number of likely N-dealkylation sites (N-methyl/N-ethyl adjacent to an activating group) is 1. The van der Waals surface area contributed by atoms with Gasteiger partial charge in [0.2, 0.25) is 5.91 Å². The molecule has 0 spiro atoms. The number of carbonyl (C=O) groups is 4. The molecule has 2 unspecified atom stereocenters. The predicted octanol–water partition coefficient (Wildman–Crippen LogP) is 6.55. The van der Waals surface area contributed by atoms with Crippen molar-refractivity contribution in [3.8, 4) is 0 Å². The first kappa shape index (κ1) is 27.7. The van der Waals surface area contributed by atoms with Crippen molar-refractivity contribution >= 4 is 63.0 Å². The van der Waals surface area contributed by atoms with Crippen molar-refractivity contribution in [3.63, 3.8) is 0 Å². The van der Waals surface area contributed by atoms with E-state index in [1.807, 2.05) is 54.6 Å². The van der Waals surface area contributed by atoms with E-state index in [2.05, 4.69) is 53.7 Å². The Labute approximate surface area is 261 Å². The molecule has 0 N–H and O–H groups in total. The summed E-state index contributed by atoms with van der Waals surface area (Å²) in [4.78, 5) is 57.9. The van der Waals surface area contributed by atoms with Crippen LogP contribution >= 0.6 is 0 Å². The van der Waals surface area contributed by atoms with Gasteiger partial charge >= 0.3 is 0 Å². The summed E-state index contributed by atoms with van der Waals surface area (Å²) < 4.78 is 0. The normalized spacial score (nSPS) is 20.6. The third kappa shape index (κ3) is 3.51. The number of hydrogen-bond donors (Lipinski definition) is 0. The number of rotatable bonds is 1. The average Bonchev–Trinajstić information content (AvgIpc) is 2.99. The molecule has 0 saturated carbocycles. The van der Waals surface area contributed by atoms with E-state index in [9.17, 15) is 19.2 Å². The molecule has 0 radical (unpaired) electrons. The smallest absolute Gasteiger partial charge is 0.265 e. The molecule has 0 bridgehead atoms. The lowest BCUT2D eigenvalue weighted by Gasteiger charge is -2.40. The Hall–Kier alpha value is -4.84. The van der Waals surface area contributed by atoms with Crippen LogP contribution in [-0.4, -0.2) is 35.6 Å². The van der Waals surface area contributed by atoms with Gasteiger partial charge in [-0.05, 0) is 72.7 Å². The van der Waals surface area contributed by atoms with Crippen molar-refractivity contribution < 1.29 is 19.2 Å². The number of amides is 4. The molecule has 2 aliphatic heterocycles. The maximum absolute atomic E-state index is 14.5. The molecule has 6 nitrogen and oxygen atoms in total. The molecule has 1 saturated heterocycles. The first-order chi connectivity index (χ1) is 21.2. The third-order valence-corrected chi connectivity index (χ3v) is 10.2. The second-order valence-corrected chi connectivity index (χ2v) is 14.8. The number of carbonyl (C=O) groups excluding carboxylic acids is 4. The van der Waals surface area contributed by atoms with Gasteiger partial charge in [-0.3, -0.25) is 24.1 Å². The van der Waals surface area contributed by atoms with Crippen LogP contribution in [0, 0.1) is 5.92 Å². The van der Waals surface area contributed by atoms with Crippen molar-refractivity contribution in [2.45, 2.75) is 58.3 Å². The number of allylic oxidation sites excluding steroid dienone is 1. The predicted molar refractivity (Wildman–Crippen MR) is 177 cm³/mol. The van der Waals surface area contributed by atoms with Crippen LogP contribution in [-0.2, 0) is 20.4 Å². The summed E-state index contributed by atoms with van der Waals surface area (Å²) in [5.74, 6) is -1.95. The zero-order chi connectivity index (χ0) is 31.9. The fourth-order valence-corrected chi connectivity index (χ4v) is 7.86. The number of piperidine rings is 1. The Bertz CT molecular complexity index is 2220. The van der Waals surface area contributed by atoms with Crippen LogP contribution in [0.2, 0.25) is 0 Å². The highest BCUT2D eigenvalue weighted by atomic mass is 16.2. The van der Waals surface area contributed by atoms with Gasteiger partial charge in [-0.25, -0.2) is 4.90 Å². The van der Waals surface area contributed by atoms with Crippen LogP contribution in [0.1, 0.15) is 90.4 Å². The molecule has 45 heavy (non-hydrogen) atoms. The summed E-state index contributed by atoms with van der Waals surface area (Å²) in [5.41, 5.74) is 5.63. The third-order valence-electron chi connectivity index (χ3n) is 10.2. The monoisotopic (exact) mass is 594 g/mol. The molecule has 2 heterocycles. The highest BCUT2D eigenvalue weighted by Gasteiger charge is 2.47. The molecule has 2 aliphatic carbocycles. The van der Waals surface area contributed by atoms with Crippen LogP contribution in [0.15, 0.2) is 60.2 Å². The number of fused-ring (bicyclic) bond motifs is 2. The molecule has 4 aromatic carbocycles. The number of hydrogen-bond acceptors (Lipinski definition) is 4. The average molecular weight is 595 g/mol. The molecular formula is C39H34N2O4. The molecule has 224 valence electrons. The van der Waals surface area contributed by atoms with E-state index < -0.39 is 5.92 Å². The zero-order valence-corrected chi connectivity index (χ0v) is 26.5. The minimum absolute atomic E-state index is 0.172. The lowest BCUT2D eigenvalue weighted by Crippen LogP contribution is -2.49. The molecule has 4 aliphatic rings. The molecule has 4 amide bonds. The van der Waals surface area contributed by atoms with Crippen LogP contribution < -0.4 is 10.1 Å². The Morgan fingerprint density at radius 3 is 2.02 bits per heavy atom. The molecule has 1 fully saturated rings. The highest BCUT2D eigenvalue weighted by molar-refractivity contribution is 6.39. The second kappa shape index (κ2) is 8.66. The lowest BCUT2D eigenvalue weighted by atomic mass is 9.68. The summed E-state index contributed by atoms with van der Waals surface area (Å²) in [6, 6.07) is 13.8. The van der Waals surface area contributed by atoms with Crippen LogP contribution in [0.5, 0.6) is 0 Å². The van der Waals surface area contributed by atoms with Crippen molar-refractivity contribution in [2.75, 3.05) is 11.9 Å². The SMILES string of the molecule is CN1C(=O)C2=CC=c3c4c(c5ccc6c7c(ccc3c57)C(=O)N(c3cc(C(C)(C)C)ccc3C(C)(C)C)C6=O)C=CC(C1=O)C24. The summed E-state index contributed by atoms with van der Waals surface area (Å²) >= 11 is 0. The molecule has 0 aromatic heterocycles. The molecule has 4 aromatic rings. The van der Waals surface area contributed by atoms with E-state index in [0.717, 1.165) is 43.6 Å². The largest absolute Gasteiger partial charge is 0.281 e. The Morgan fingerprint density at radius 1 is 0.711 bits per heavy atom. The highest BCUT2D eigenvalue weighted by Crippen LogP contribution is 2.48. The summed E-state index contributed by atoms with van der Waals surface area (Å²) in [6.07, 6.45) is 7.68. The zero-order valence-electron chi connectivity index (χ0n) is 26.5. The lowest BCUT2D eigenvalue weighted by molar-refractivity contribution is -0.145. The van der Waals surface area contributed by atoms with Gasteiger partial charge in [0.15, 0.2) is 0 Å². The van der Waals surface area contributed by atoms with Crippen LogP contribution in [0.3, 0.4) is 0 Å². The van der Waals surface area contributed by atoms with E-state index in [1.165, 1.54) is 16.8 Å². The number of imide groups is 2. The van der Waals surface area contributed by atoms with Gasteiger partial charge in [0.25, 0.3) is 17.7 Å². The van der Waals surface area contributed by atoms with E-state index in [-0.39, 0.29) is 40.4 Å². The first-order valence-electron chi connectivity index (χ1n) is 15.5. The first-order valence-corrected chi connectivity index (χ1v) is 15.5. The Morgan fingerprint density at radius 2 is 1.38 bits per heavy atom. The number of nitrogens with zero attached hydrogens (tertiary/aromatic N) is 2. The fourth-order valence-electron chi connectivity index (χ4n) is 7.86. The summed E-state index contributed by atoms with van der Waals surface area (Å²) in [6.45, 7) is 12.7. The van der Waals surface area contributed by atoms with Crippen LogP contribution in [0.25, 0.3) is 33.7 Å². The second-order valence-electron chi connectivity index (χ2n) is 14.8. The van der Waals surface area contributed by atoms with Gasteiger partial charge in [0.1, 0.15) is 0 Å². The van der Waals surface area contributed by atoms with Gasteiger partial charge in [-0.2, -0.15) is 0 Å². The number of likely N-dealkylation sites (tertiary alicyclic amines) is 1. The van der Waals surface area contributed by atoms with Gasteiger partial charge in [-0.15, -0.1) is 0 Å². The minimum atomic E-state index is -0.451. The maximum atomic E-state index is 14.5. The van der Waals surface area contributed by atoms with Crippen molar-refractivity contribution in [1.82, 2.24) is 4.90 Å². The van der Waals surface area contributed by atoms with Gasteiger partial charge in [-0.1, -0.05) is 90.1 Å². The summed E-state index contributed by atoms with van der Waals surface area (Å²) in [7, 11) is 1.54. The Balaban J connectivity index is 1.40. The van der Waals surface area contributed by atoms with Crippen molar-refractivity contribution in [2.24, 2.45) is 5.92 Å². The molecule has 8 rings (SSSR count). The van der Waals surface area contributed by atoms with E-state index in [4.69, 9.17) is 0 Å². The van der Waals surface area contributed by atoms with Gasteiger partial charge in [0, 0.05) is 35.1 Å². The fraction of sp³-hybridized carbons (Fsp3) is 0.282. The number of benzene rings is 4. The standard InChI is InChI=1S/C39H34N2O4/c1-38(2,3)19-8-17-28(39(4,5)6)29(18-19)41-36(44)26-15-11-22-20-9-13-24-32-25(35(43)40(7)34(24)42)14-10-21(30(20)32)23-12-16-27(37(41)45)33(26)31(22)23/h8-18,24,32H,1-7H3. The van der Waals surface area contributed by atoms with Gasteiger partial charge in [0.05, 0.1) is 11.6 Å². The molecule has 2 atom stereocenters. The van der Waals surface area contributed by atoms with E-state index >= 15 is 0 Å². The minimum Gasteiger partial charge on any atom is -0.281 e. The molecule has 6 heteroatoms.